The maximum atomic E-state index is 12.4. The predicted molar refractivity (Wildman–Crippen MR) is 92.0 cm³/mol. The summed E-state index contributed by atoms with van der Waals surface area (Å²) in [4.78, 5) is 26.4. The number of methoxy groups -OCH3 is 2. The molecule has 2 atom stereocenters. The van der Waals surface area contributed by atoms with E-state index in [2.05, 4.69) is 5.32 Å². The van der Waals surface area contributed by atoms with E-state index in [0.29, 0.717) is 30.3 Å². The number of nitrogens with one attached hydrogen (secondary N) is 1. The molecule has 0 unspecified atom stereocenters. The summed E-state index contributed by atoms with van der Waals surface area (Å²) in [5.74, 6) is 0.645. The molecular formula is C18H24N2O5. The van der Waals surface area contributed by atoms with E-state index >= 15 is 0 Å². The second kappa shape index (κ2) is 7.74. The lowest BCUT2D eigenvalue weighted by Gasteiger charge is -2.20. The molecule has 2 aliphatic heterocycles. The third-order valence-electron chi connectivity index (χ3n) is 4.70. The lowest BCUT2D eigenvalue weighted by Crippen LogP contribution is -2.37. The van der Waals surface area contributed by atoms with Gasteiger partial charge in [0.2, 0.25) is 11.8 Å². The van der Waals surface area contributed by atoms with Crippen molar-refractivity contribution in [1.29, 1.82) is 0 Å². The molecule has 7 nitrogen and oxygen atoms in total. The van der Waals surface area contributed by atoms with Crippen LogP contribution in [0.4, 0.5) is 5.69 Å². The number of carbonyl (C=O) groups excluding carboxylic acids is 2. The van der Waals surface area contributed by atoms with Gasteiger partial charge in [-0.15, -0.1) is 0 Å². The van der Waals surface area contributed by atoms with Crippen LogP contribution in [-0.2, 0) is 14.3 Å². The summed E-state index contributed by atoms with van der Waals surface area (Å²) in [5, 5.41) is 2.91. The highest BCUT2D eigenvalue weighted by Gasteiger charge is 2.36. The molecule has 2 saturated heterocycles. The Labute approximate surface area is 147 Å². The maximum Gasteiger partial charge on any atom is 0.227 e. The predicted octanol–water partition coefficient (Wildman–Crippen LogP) is 1.35. The Kier molecular flexibility index (Phi) is 5.43. The van der Waals surface area contributed by atoms with Crippen molar-refractivity contribution in [1.82, 2.24) is 5.32 Å². The number of nitrogens with zero attached hydrogens (tertiary/aromatic N) is 1. The Morgan fingerprint density at radius 3 is 2.88 bits per heavy atom. The first-order chi connectivity index (χ1) is 12.1. The number of anilines is 1. The van der Waals surface area contributed by atoms with Crippen LogP contribution in [0.3, 0.4) is 0 Å². The van der Waals surface area contributed by atoms with Crippen molar-refractivity contribution >= 4 is 17.5 Å². The minimum atomic E-state index is -0.371. The molecule has 0 radical (unpaired) electrons. The normalized spacial score (nSPS) is 23.0. The van der Waals surface area contributed by atoms with Crippen LogP contribution in [0.1, 0.15) is 19.3 Å². The number of hydrogen-bond donors (Lipinski definition) is 1. The molecule has 1 aromatic rings. The largest absolute Gasteiger partial charge is 0.497 e. The van der Waals surface area contributed by atoms with Gasteiger partial charge in [-0.2, -0.15) is 0 Å². The van der Waals surface area contributed by atoms with E-state index in [4.69, 9.17) is 14.2 Å². The highest BCUT2D eigenvalue weighted by Crippen LogP contribution is 2.36. The van der Waals surface area contributed by atoms with Crippen LogP contribution in [0.15, 0.2) is 18.2 Å². The quantitative estimate of drug-likeness (QED) is 0.840. The first-order valence-corrected chi connectivity index (χ1v) is 8.54. The zero-order valence-electron chi connectivity index (χ0n) is 14.6. The van der Waals surface area contributed by atoms with Gasteiger partial charge in [-0.25, -0.2) is 0 Å². The average molecular weight is 348 g/mol. The van der Waals surface area contributed by atoms with Crippen molar-refractivity contribution in [2.45, 2.75) is 25.4 Å². The summed E-state index contributed by atoms with van der Waals surface area (Å²) in [7, 11) is 3.12. The number of hydrogen-bond acceptors (Lipinski definition) is 5. The standard InChI is InChI=1S/C18H24N2O5/c1-23-13-5-6-16(24-2)15(9-13)20-11-12(8-17(20)21)18(22)19-10-14-4-3-7-25-14/h5-6,9,12,14H,3-4,7-8,10-11H2,1-2H3,(H,19,22)/t12-,14+/m1/s1. The SMILES string of the molecule is COc1ccc(OC)c(N2C[C@H](C(=O)NC[C@@H]3CCCO3)CC2=O)c1. The first kappa shape index (κ1) is 17.5. The minimum Gasteiger partial charge on any atom is -0.497 e. The molecule has 2 fully saturated rings. The number of amides is 2. The topological polar surface area (TPSA) is 77.1 Å². The zero-order chi connectivity index (χ0) is 17.8. The summed E-state index contributed by atoms with van der Waals surface area (Å²) in [6.07, 6.45) is 2.29. The molecule has 1 aromatic carbocycles. The van der Waals surface area contributed by atoms with E-state index in [0.717, 1.165) is 19.4 Å². The van der Waals surface area contributed by atoms with Crippen molar-refractivity contribution in [3.63, 3.8) is 0 Å². The van der Waals surface area contributed by atoms with Crippen LogP contribution in [0.5, 0.6) is 11.5 Å². The van der Waals surface area contributed by atoms with Crippen LogP contribution in [0, 0.1) is 5.92 Å². The fourth-order valence-corrected chi connectivity index (χ4v) is 3.29. The molecule has 7 heteroatoms. The second-order valence-electron chi connectivity index (χ2n) is 6.32. The van der Waals surface area contributed by atoms with Gasteiger partial charge in [-0.1, -0.05) is 0 Å². The lowest BCUT2D eigenvalue weighted by atomic mass is 10.1. The van der Waals surface area contributed by atoms with Gasteiger partial charge in [0.15, 0.2) is 0 Å². The summed E-state index contributed by atoms with van der Waals surface area (Å²) in [6, 6.07) is 5.28. The molecule has 2 aliphatic rings. The molecule has 0 aromatic heterocycles. The van der Waals surface area contributed by atoms with Crippen LogP contribution in [0.25, 0.3) is 0 Å². The van der Waals surface area contributed by atoms with Gasteiger partial charge in [0, 0.05) is 32.2 Å². The van der Waals surface area contributed by atoms with Crippen molar-refractivity contribution < 1.29 is 23.8 Å². The molecule has 3 rings (SSSR count). The Morgan fingerprint density at radius 2 is 2.20 bits per heavy atom. The third kappa shape index (κ3) is 3.87. The van der Waals surface area contributed by atoms with E-state index in [1.54, 1.807) is 37.3 Å². The summed E-state index contributed by atoms with van der Waals surface area (Å²) >= 11 is 0. The third-order valence-corrected chi connectivity index (χ3v) is 4.70. The lowest BCUT2D eigenvalue weighted by molar-refractivity contribution is -0.126. The molecule has 2 heterocycles. The highest BCUT2D eigenvalue weighted by molar-refractivity contribution is 6.01. The summed E-state index contributed by atoms with van der Waals surface area (Å²) < 4.78 is 16.1. The van der Waals surface area contributed by atoms with E-state index in [9.17, 15) is 9.59 Å². The summed E-state index contributed by atoms with van der Waals surface area (Å²) in [6.45, 7) is 1.59. The van der Waals surface area contributed by atoms with Gasteiger partial charge in [-0.05, 0) is 25.0 Å². The number of rotatable bonds is 6. The molecule has 2 amide bonds. The number of carbonyl (C=O) groups is 2. The number of ether oxygens (including phenoxy) is 3. The van der Waals surface area contributed by atoms with Crippen LogP contribution >= 0.6 is 0 Å². The first-order valence-electron chi connectivity index (χ1n) is 8.54. The molecule has 0 aliphatic carbocycles. The highest BCUT2D eigenvalue weighted by atomic mass is 16.5. The fraction of sp³-hybridized carbons (Fsp3) is 0.556. The average Bonchev–Trinajstić information content (AvgIpc) is 3.28. The molecule has 0 saturated carbocycles. The Morgan fingerprint density at radius 1 is 1.36 bits per heavy atom. The van der Waals surface area contributed by atoms with Crippen LogP contribution in [-0.4, -0.2) is 51.8 Å². The van der Waals surface area contributed by atoms with Gasteiger partial charge < -0.3 is 24.4 Å². The van der Waals surface area contributed by atoms with E-state index in [1.165, 1.54) is 0 Å². The van der Waals surface area contributed by atoms with Crippen LogP contribution < -0.4 is 19.7 Å². The molecule has 136 valence electrons. The van der Waals surface area contributed by atoms with Gasteiger partial charge >= 0.3 is 0 Å². The van der Waals surface area contributed by atoms with Crippen molar-refractivity contribution in [3.05, 3.63) is 18.2 Å². The zero-order valence-corrected chi connectivity index (χ0v) is 14.6. The molecule has 0 bridgehead atoms. The van der Waals surface area contributed by atoms with Crippen molar-refractivity contribution in [2.75, 3.05) is 38.8 Å². The second-order valence-corrected chi connectivity index (χ2v) is 6.32. The Hall–Kier alpha value is -2.28. The molecule has 0 spiro atoms. The Bertz CT molecular complexity index is 642. The van der Waals surface area contributed by atoms with Crippen molar-refractivity contribution in [2.24, 2.45) is 5.92 Å². The van der Waals surface area contributed by atoms with Gasteiger partial charge in [0.1, 0.15) is 11.5 Å². The monoisotopic (exact) mass is 348 g/mol. The molecule has 25 heavy (non-hydrogen) atoms. The smallest absolute Gasteiger partial charge is 0.227 e. The Balaban J connectivity index is 1.66. The minimum absolute atomic E-state index is 0.0932. The fourth-order valence-electron chi connectivity index (χ4n) is 3.29. The van der Waals surface area contributed by atoms with Gasteiger partial charge in [0.25, 0.3) is 0 Å². The van der Waals surface area contributed by atoms with E-state index in [-0.39, 0.29) is 30.3 Å². The maximum absolute atomic E-state index is 12.4. The molecular weight excluding hydrogens is 324 g/mol. The van der Waals surface area contributed by atoms with E-state index < -0.39 is 0 Å². The number of benzene rings is 1. The molecule has 1 N–H and O–H groups in total. The van der Waals surface area contributed by atoms with Crippen molar-refractivity contribution in [3.8, 4) is 11.5 Å². The van der Waals surface area contributed by atoms with Crippen LogP contribution in [0.2, 0.25) is 0 Å². The van der Waals surface area contributed by atoms with Gasteiger partial charge in [-0.3, -0.25) is 9.59 Å². The summed E-state index contributed by atoms with van der Waals surface area (Å²) in [5.41, 5.74) is 0.626. The van der Waals surface area contributed by atoms with Gasteiger partial charge in [0.05, 0.1) is 31.9 Å². The van der Waals surface area contributed by atoms with E-state index in [1.807, 2.05) is 0 Å².